The molecule has 8 nitrogen and oxygen atoms in total. The Morgan fingerprint density at radius 2 is 1.16 bits per heavy atom. The van der Waals surface area contributed by atoms with Gasteiger partial charge >= 0.3 is 6.09 Å². The van der Waals surface area contributed by atoms with Crippen LogP contribution in [0.2, 0.25) is 0 Å². The Morgan fingerprint density at radius 1 is 0.724 bits per heavy atom. The molecule has 0 aliphatic heterocycles. The van der Waals surface area contributed by atoms with Crippen molar-refractivity contribution in [3.05, 3.63) is 85.0 Å². The number of amides is 1. The van der Waals surface area contributed by atoms with Crippen LogP contribution in [0.15, 0.2) is 73.8 Å². The molecule has 0 saturated carbocycles. The highest BCUT2D eigenvalue weighted by Crippen LogP contribution is 2.16. The first-order valence-corrected chi connectivity index (χ1v) is 22.7. The summed E-state index contributed by atoms with van der Waals surface area (Å²) in [5.74, 6) is 0.988. The lowest BCUT2D eigenvalue weighted by molar-refractivity contribution is -0.122. The minimum absolute atomic E-state index is 0.250. The van der Waals surface area contributed by atoms with Gasteiger partial charge in [-0.3, -0.25) is 4.79 Å². The first-order chi connectivity index (χ1) is 28.3. The first-order valence-electron chi connectivity index (χ1n) is 22.7. The van der Waals surface area contributed by atoms with Crippen LogP contribution in [0.3, 0.4) is 0 Å². The van der Waals surface area contributed by atoms with E-state index >= 15 is 0 Å². The number of phenols is 1. The van der Waals surface area contributed by atoms with Gasteiger partial charge in [-0.15, -0.1) is 13.2 Å². The number of phenolic OH excluding ortho intramolecular Hbond substituents is 1. The molecule has 2 aromatic carbocycles. The SMILES string of the molecule is C=C.CC.CC.CCCCCCCC/C=C\CCCCCCCCNC(=O)OCCCC(C)C.CCCCN.CNc1ccc(Cc2ccc(O)cc2)cc1.O=CO. The van der Waals surface area contributed by atoms with Crippen LogP contribution in [0.4, 0.5) is 10.5 Å². The Bertz CT molecular complexity index is 1070. The molecule has 0 radical (unpaired) electrons. The number of aromatic hydroxyl groups is 1. The van der Waals surface area contributed by atoms with Gasteiger partial charge in [0.05, 0.1) is 6.61 Å². The lowest BCUT2D eigenvalue weighted by atomic mass is 10.0. The number of rotatable bonds is 25. The van der Waals surface area contributed by atoms with Gasteiger partial charge in [-0.1, -0.05) is 156 Å². The van der Waals surface area contributed by atoms with Gasteiger partial charge in [-0.2, -0.15) is 0 Å². The smallest absolute Gasteiger partial charge is 0.407 e. The van der Waals surface area contributed by atoms with E-state index in [1.165, 1.54) is 107 Å². The van der Waals surface area contributed by atoms with Crippen LogP contribution in [0.5, 0.6) is 5.75 Å². The summed E-state index contributed by atoms with van der Waals surface area (Å²) >= 11 is 0. The topological polar surface area (TPSA) is 134 Å². The van der Waals surface area contributed by atoms with Crippen molar-refractivity contribution < 1.29 is 24.5 Å². The van der Waals surface area contributed by atoms with Gasteiger partial charge in [0, 0.05) is 19.3 Å². The van der Waals surface area contributed by atoms with Crippen LogP contribution >= 0.6 is 0 Å². The van der Waals surface area contributed by atoms with Crippen molar-refractivity contribution in [2.24, 2.45) is 11.7 Å². The number of carbonyl (C=O) groups excluding carboxylic acids is 1. The number of hydrogen-bond donors (Lipinski definition) is 5. The molecule has 0 atom stereocenters. The van der Waals surface area contributed by atoms with E-state index in [1.54, 1.807) is 12.1 Å². The third-order valence-electron chi connectivity index (χ3n) is 8.26. The summed E-state index contributed by atoms with van der Waals surface area (Å²) in [7, 11) is 1.91. The highest BCUT2D eigenvalue weighted by molar-refractivity contribution is 5.66. The van der Waals surface area contributed by atoms with E-state index in [2.05, 4.69) is 87.9 Å². The van der Waals surface area contributed by atoms with Gasteiger partial charge in [-0.05, 0) is 106 Å². The molecule has 338 valence electrons. The molecular formula is C50H93N3O5. The Kier molecular flexibility index (Phi) is 62.9. The maximum Gasteiger partial charge on any atom is 0.407 e. The first kappa shape index (κ1) is 63.4. The second-order valence-electron chi connectivity index (χ2n) is 13.6. The van der Waals surface area contributed by atoms with E-state index in [0.29, 0.717) is 18.3 Å². The average molecular weight is 816 g/mol. The zero-order valence-corrected chi connectivity index (χ0v) is 39.1. The van der Waals surface area contributed by atoms with Crippen molar-refractivity contribution >= 4 is 18.3 Å². The number of nitrogens with one attached hydrogen (secondary N) is 2. The lowest BCUT2D eigenvalue weighted by Crippen LogP contribution is -2.25. The summed E-state index contributed by atoms with van der Waals surface area (Å²) in [5.41, 5.74) is 8.73. The predicted octanol–water partition coefficient (Wildman–Crippen LogP) is 14.5. The number of anilines is 1. The van der Waals surface area contributed by atoms with Crippen molar-refractivity contribution in [1.29, 1.82) is 0 Å². The normalized spacial score (nSPS) is 9.50. The molecule has 0 unspecified atom stereocenters. The number of carboxylic acid groups (broad SMARTS) is 1. The number of allylic oxidation sites excluding steroid dienone is 2. The molecule has 0 aliphatic carbocycles. The van der Waals surface area contributed by atoms with Gasteiger partial charge in [0.15, 0.2) is 0 Å². The summed E-state index contributed by atoms with van der Waals surface area (Å²) in [6, 6.07) is 15.7. The molecule has 0 bridgehead atoms. The fourth-order valence-corrected chi connectivity index (χ4v) is 5.11. The highest BCUT2D eigenvalue weighted by Gasteiger charge is 2.02. The Labute approximate surface area is 358 Å². The number of benzene rings is 2. The highest BCUT2D eigenvalue weighted by atomic mass is 16.5. The summed E-state index contributed by atoms with van der Waals surface area (Å²) in [4.78, 5) is 19.9. The zero-order chi connectivity index (χ0) is 44.9. The second-order valence-corrected chi connectivity index (χ2v) is 13.6. The fraction of sp³-hybridized carbons (Fsp3) is 0.640. The lowest BCUT2D eigenvalue weighted by Gasteiger charge is -2.08. The maximum absolute atomic E-state index is 11.5. The molecule has 1 amide bonds. The fourth-order valence-electron chi connectivity index (χ4n) is 5.11. The van der Waals surface area contributed by atoms with E-state index in [-0.39, 0.29) is 12.6 Å². The molecular weight excluding hydrogens is 723 g/mol. The number of nitrogens with two attached hydrogens (primary N) is 1. The Hall–Kier alpha value is -3.78. The van der Waals surface area contributed by atoms with E-state index in [1.807, 2.05) is 46.9 Å². The molecule has 0 aromatic heterocycles. The van der Waals surface area contributed by atoms with Crippen molar-refractivity contribution in [3.63, 3.8) is 0 Å². The minimum atomic E-state index is -0.253. The average Bonchev–Trinajstić information content (AvgIpc) is 3.25. The van der Waals surface area contributed by atoms with E-state index in [9.17, 15) is 9.90 Å². The van der Waals surface area contributed by atoms with E-state index < -0.39 is 0 Å². The quantitative estimate of drug-likeness (QED) is 0.0383. The maximum atomic E-state index is 11.5. The number of alkyl carbamates (subject to hydrolysis) is 1. The van der Waals surface area contributed by atoms with Gasteiger partial charge in [-0.25, -0.2) is 4.79 Å². The summed E-state index contributed by atoms with van der Waals surface area (Å²) in [6.07, 6.45) is 28.2. The molecule has 0 spiro atoms. The van der Waals surface area contributed by atoms with Crippen LogP contribution in [0.25, 0.3) is 0 Å². The van der Waals surface area contributed by atoms with Crippen LogP contribution in [0, 0.1) is 5.92 Å². The molecule has 8 heteroatoms. The summed E-state index contributed by atoms with van der Waals surface area (Å²) in [6.45, 7) is 24.7. The third kappa shape index (κ3) is 54.3. The zero-order valence-electron chi connectivity index (χ0n) is 39.1. The van der Waals surface area contributed by atoms with Crippen LogP contribution in [0.1, 0.15) is 182 Å². The van der Waals surface area contributed by atoms with Crippen LogP contribution in [-0.2, 0) is 16.0 Å². The van der Waals surface area contributed by atoms with Gasteiger partial charge in [0.25, 0.3) is 6.47 Å². The Morgan fingerprint density at radius 3 is 1.57 bits per heavy atom. The molecule has 0 fully saturated rings. The molecule has 58 heavy (non-hydrogen) atoms. The molecule has 2 rings (SSSR count). The molecule has 0 heterocycles. The Balaban J connectivity index is -0.000000260. The standard InChI is InChI=1S/C25H49NO2.C14H15NO.C4H11N.2C2H6.C2H4.CH2O2/c1-4-5-6-7-8-9-10-11-12-13-14-15-16-17-18-19-22-26-25(27)28-23-20-21-24(2)3;1-15-13-6-2-11(3-7-13)10-12-4-8-14(16)9-5-12;1-2-3-4-5;3*1-2;2-1-3/h11-12,24H,4-10,13-23H2,1-3H3,(H,26,27);2-9,15-16H,10H2,1H3;2-5H2,1H3;2*1-2H3;1-2H2;1H,(H,2,3)/b12-11-;;;;;;. The monoisotopic (exact) mass is 816 g/mol. The third-order valence-corrected chi connectivity index (χ3v) is 8.26. The minimum Gasteiger partial charge on any atom is -0.508 e. The molecule has 6 N–H and O–H groups in total. The molecule has 0 aliphatic rings. The van der Waals surface area contributed by atoms with Crippen molar-refractivity contribution in [3.8, 4) is 5.75 Å². The van der Waals surface area contributed by atoms with Gasteiger partial charge in [0.1, 0.15) is 5.75 Å². The largest absolute Gasteiger partial charge is 0.508 e. The molecule has 0 saturated heterocycles. The van der Waals surface area contributed by atoms with Gasteiger partial charge in [0.2, 0.25) is 0 Å². The molecule has 2 aromatic rings. The number of unbranched alkanes of at least 4 members (excludes halogenated alkanes) is 13. The van der Waals surface area contributed by atoms with Crippen molar-refractivity contribution in [2.75, 3.05) is 32.1 Å². The van der Waals surface area contributed by atoms with Crippen LogP contribution in [-0.4, -0.2) is 49.5 Å². The summed E-state index contributed by atoms with van der Waals surface area (Å²) in [5, 5.41) is 22.0. The summed E-state index contributed by atoms with van der Waals surface area (Å²) < 4.78 is 5.16. The van der Waals surface area contributed by atoms with E-state index in [4.69, 9.17) is 20.4 Å². The second kappa shape index (κ2) is 57.5. The predicted molar refractivity (Wildman–Crippen MR) is 256 cm³/mol. The van der Waals surface area contributed by atoms with Crippen LogP contribution < -0.4 is 16.4 Å². The number of carbonyl (C=O) groups is 2. The van der Waals surface area contributed by atoms with Crippen molar-refractivity contribution in [1.82, 2.24) is 5.32 Å². The van der Waals surface area contributed by atoms with E-state index in [0.717, 1.165) is 44.5 Å². The number of ether oxygens (including phenoxy) is 1. The number of hydrogen-bond acceptors (Lipinski definition) is 6. The van der Waals surface area contributed by atoms with Gasteiger partial charge < -0.3 is 31.3 Å². The van der Waals surface area contributed by atoms with Crippen molar-refractivity contribution in [2.45, 2.75) is 177 Å².